The van der Waals surface area contributed by atoms with Crippen molar-refractivity contribution in [3.05, 3.63) is 23.5 Å². The number of nitrogens with one attached hydrogen (secondary N) is 2. The molecule has 0 aliphatic heterocycles. The summed E-state index contributed by atoms with van der Waals surface area (Å²) in [4.78, 5) is 22.2. The predicted molar refractivity (Wildman–Crippen MR) is 81.2 cm³/mol. The average molecular weight is 278 g/mol. The number of ketones is 2. The number of hydrogen-bond acceptors (Lipinski definition) is 4. The van der Waals surface area contributed by atoms with E-state index in [1.807, 2.05) is 13.8 Å². The number of hydrogen-bond donors (Lipinski definition) is 2. The maximum Gasteiger partial charge on any atom is 0.154 e. The molecule has 1 rings (SSSR count). The summed E-state index contributed by atoms with van der Waals surface area (Å²) in [6.45, 7) is 6.96. The normalized spacial score (nSPS) is 24.2. The van der Waals surface area contributed by atoms with Crippen LogP contribution in [0.3, 0.4) is 0 Å². The van der Waals surface area contributed by atoms with Crippen molar-refractivity contribution in [1.82, 2.24) is 10.6 Å². The van der Waals surface area contributed by atoms with E-state index in [4.69, 9.17) is 0 Å². The van der Waals surface area contributed by atoms with Crippen molar-refractivity contribution in [2.45, 2.75) is 65.5 Å². The van der Waals surface area contributed by atoms with E-state index in [-0.39, 0.29) is 11.6 Å². The SMILES string of the molecule is CC(=O)C=C(C)N[C@@H]1CCCC[C@H]1NC(C)=CC(C)=O. The van der Waals surface area contributed by atoms with Gasteiger partial charge in [-0.3, -0.25) is 9.59 Å². The summed E-state index contributed by atoms with van der Waals surface area (Å²) in [7, 11) is 0. The van der Waals surface area contributed by atoms with Crippen LogP contribution in [0, 0.1) is 0 Å². The Morgan fingerprint density at radius 2 is 1.15 bits per heavy atom. The summed E-state index contributed by atoms with van der Waals surface area (Å²) < 4.78 is 0. The second-order valence-electron chi connectivity index (χ2n) is 5.66. The van der Waals surface area contributed by atoms with E-state index in [1.165, 1.54) is 12.8 Å². The highest BCUT2D eigenvalue weighted by Gasteiger charge is 2.24. The van der Waals surface area contributed by atoms with Gasteiger partial charge < -0.3 is 10.6 Å². The largest absolute Gasteiger partial charge is 0.384 e. The topological polar surface area (TPSA) is 58.2 Å². The number of carbonyl (C=O) groups is 2. The van der Waals surface area contributed by atoms with Crippen LogP contribution in [0.2, 0.25) is 0 Å². The highest BCUT2D eigenvalue weighted by molar-refractivity contribution is 5.88. The molecule has 4 heteroatoms. The summed E-state index contributed by atoms with van der Waals surface area (Å²) in [5.74, 6) is 0.117. The molecule has 0 spiro atoms. The summed E-state index contributed by atoms with van der Waals surface area (Å²) in [5, 5.41) is 6.85. The molecule has 0 aromatic rings. The highest BCUT2D eigenvalue weighted by Crippen LogP contribution is 2.20. The van der Waals surface area contributed by atoms with Gasteiger partial charge >= 0.3 is 0 Å². The zero-order valence-electron chi connectivity index (χ0n) is 13.0. The van der Waals surface area contributed by atoms with E-state index in [1.54, 1.807) is 26.0 Å². The van der Waals surface area contributed by atoms with E-state index in [2.05, 4.69) is 10.6 Å². The van der Waals surface area contributed by atoms with Crippen LogP contribution in [0.15, 0.2) is 23.5 Å². The monoisotopic (exact) mass is 278 g/mol. The van der Waals surface area contributed by atoms with E-state index in [0.717, 1.165) is 24.2 Å². The third kappa shape index (κ3) is 6.04. The second kappa shape index (κ2) is 7.88. The minimum Gasteiger partial charge on any atom is -0.384 e. The molecule has 1 fully saturated rings. The minimum absolute atomic E-state index is 0.0583. The predicted octanol–water partition coefficient (Wildman–Crippen LogP) is 2.46. The van der Waals surface area contributed by atoms with E-state index in [9.17, 15) is 9.59 Å². The molecule has 2 N–H and O–H groups in total. The first kappa shape index (κ1) is 16.5. The molecule has 1 saturated carbocycles. The van der Waals surface area contributed by atoms with E-state index < -0.39 is 0 Å². The Hall–Kier alpha value is -1.58. The summed E-state index contributed by atoms with van der Waals surface area (Å²) >= 11 is 0. The first-order valence-electron chi connectivity index (χ1n) is 7.29. The quantitative estimate of drug-likeness (QED) is 0.733. The van der Waals surface area contributed by atoms with Gasteiger partial charge in [0.05, 0.1) is 0 Å². The maximum absolute atomic E-state index is 11.1. The molecule has 20 heavy (non-hydrogen) atoms. The van der Waals surface area contributed by atoms with Gasteiger partial charge in [0.15, 0.2) is 11.6 Å². The van der Waals surface area contributed by atoms with Gasteiger partial charge in [0.25, 0.3) is 0 Å². The van der Waals surface area contributed by atoms with Gasteiger partial charge in [-0.05, 0) is 52.7 Å². The molecule has 2 atom stereocenters. The maximum atomic E-state index is 11.1. The third-order valence-electron chi connectivity index (χ3n) is 3.43. The molecule has 112 valence electrons. The Bertz CT molecular complexity index is 384. The van der Waals surface area contributed by atoms with Crippen LogP contribution in [0.25, 0.3) is 0 Å². The van der Waals surface area contributed by atoms with Crippen molar-refractivity contribution in [1.29, 1.82) is 0 Å². The molecule has 1 aliphatic rings. The molecule has 1 aliphatic carbocycles. The molecule has 0 aromatic heterocycles. The molecule has 0 saturated heterocycles. The third-order valence-corrected chi connectivity index (χ3v) is 3.43. The van der Waals surface area contributed by atoms with Gasteiger partial charge in [0, 0.05) is 23.5 Å². The molecule has 0 bridgehead atoms. The fourth-order valence-electron chi connectivity index (χ4n) is 2.75. The lowest BCUT2D eigenvalue weighted by atomic mass is 9.90. The van der Waals surface area contributed by atoms with Gasteiger partial charge in [0.1, 0.15) is 0 Å². The van der Waals surface area contributed by atoms with Crippen LogP contribution < -0.4 is 10.6 Å². The van der Waals surface area contributed by atoms with Gasteiger partial charge in [-0.25, -0.2) is 0 Å². The first-order valence-corrected chi connectivity index (χ1v) is 7.29. The fraction of sp³-hybridized carbons (Fsp3) is 0.625. The lowest BCUT2D eigenvalue weighted by molar-refractivity contribution is -0.113. The molecule has 0 radical (unpaired) electrons. The van der Waals surface area contributed by atoms with E-state index >= 15 is 0 Å². The molecular weight excluding hydrogens is 252 g/mol. The summed E-state index contributed by atoms with van der Waals surface area (Å²) in [5.41, 5.74) is 1.81. The molecule has 0 heterocycles. The fourth-order valence-corrected chi connectivity index (χ4v) is 2.75. The van der Waals surface area contributed by atoms with E-state index in [0.29, 0.717) is 12.1 Å². The molecule has 0 unspecified atom stereocenters. The number of rotatable bonds is 6. The number of allylic oxidation sites excluding steroid dienone is 4. The zero-order chi connectivity index (χ0) is 15.1. The Morgan fingerprint density at radius 1 is 0.800 bits per heavy atom. The Morgan fingerprint density at radius 3 is 1.45 bits per heavy atom. The zero-order valence-corrected chi connectivity index (χ0v) is 13.0. The second-order valence-corrected chi connectivity index (χ2v) is 5.66. The van der Waals surface area contributed by atoms with Gasteiger partial charge in [0.2, 0.25) is 0 Å². The van der Waals surface area contributed by atoms with Crippen LogP contribution in [-0.2, 0) is 9.59 Å². The first-order chi connectivity index (χ1) is 9.38. The minimum atomic E-state index is 0.0583. The van der Waals surface area contributed by atoms with Crippen molar-refractivity contribution in [2.75, 3.05) is 0 Å². The lowest BCUT2D eigenvalue weighted by Crippen LogP contribution is -2.48. The van der Waals surface area contributed by atoms with Gasteiger partial charge in [-0.2, -0.15) is 0 Å². The van der Waals surface area contributed by atoms with Crippen molar-refractivity contribution in [3.63, 3.8) is 0 Å². The smallest absolute Gasteiger partial charge is 0.154 e. The van der Waals surface area contributed by atoms with Crippen LogP contribution in [0.1, 0.15) is 53.4 Å². The molecule has 4 nitrogen and oxygen atoms in total. The van der Waals surface area contributed by atoms with Crippen LogP contribution >= 0.6 is 0 Å². The van der Waals surface area contributed by atoms with Crippen LogP contribution in [-0.4, -0.2) is 23.7 Å². The van der Waals surface area contributed by atoms with Gasteiger partial charge in [-0.1, -0.05) is 12.8 Å². The summed E-state index contributed by atoms with van der Waals surface area (Å²) in [6, 6.07) is 0.601. The Labute approximate surface area is 121 Å². The molecule has 0 aromatic carbocycles. The standard InChI is InChI=1S/C16H26N2O2/c1-11(9-13(3)19)17-15-7-5-6-8-16(15)18-12(2)10-14(4)20/h9-10,15-18H,5-8H2,1-4H3/t15-,16-/m1/s1. The molecule has 0 amide bonds. The summed E-state index contributed by atoms with van der Waals surface area (Å²) in [6.07, 6.45) is 7.80. The van der Waals surface area contributed by atoms with Gasteiger partial charge in [-0.15, -0.1) is 0 Å². The lowest BCUT2D eigenvalue weighted by Gasteiger charge is -2.34. The van der Waals surface area contributed by atoms with Crippen LogP contribution in [0.4, 0.5) is 0 Å². The van der Waals surface area contributed by atoms with Crippen molar-refractivity contribution < 1.29 is 9.59 Å². The highest BCUT2D eigenvalue weighted by atomic mass is 16.1. The number of carbonyl (C=O) groups excluding carboxylic acids is 2. The Balaban J connectivity index is 2.67. The van der Waals surface area contributed by atoms with Crippen molar-refractivity contribution >= 4 is 11.6 Å². The van der Waals surface area contributed by atoms with Crippen molar-refractivity contribution in [2.24, 2.45) is 0 Å². The van der Waals surface area contributed by atoms with Crippen molar-refractivity contribution in [3.8, 4) is 0 Å². The average Bonchev–Trinajstić information content (AvgIpc) is 2.29. The van der Waals surface area contributed by atoms with Crippen LogP contribution in [0.5, 0.6) is 0 Å². The Kier molecular flexibility index (Phi) is 6.49. The molecular formula is C16H26N2O2.